The largest absolute Gasteiger partial charge is 0.868 e. The van der Waals surface area contributed by atoms with Crippen molar-refractivity contribution in [1.82, 2.24) is 5.32 Å². The van der Waals surface area contributed by atoms with Crippen LogP contribution in [-0.4, -0.2) is 16.0 Å². The molecule has 1 aliphatic heterocycles. The van der Waals surface area contributed by atoms with Crippen LogP contribution in [0.5, 0.6) is 5.75 Å². The fraction of sp³-hybridized carbons (Fsp3) is 0. The number of halogens is 1. The number of rotatable bonds is 3. The molecular formula is C16H9FN3O4S-. The van der Waals surface area contributed by atoms with E-state index in [1.165, 1.54) is 36.4 Å². The van der Waals surface area contributed by atoms with Crippen LogP contribution in [0.25, 0.3) is 6.08 Å². The topological polar surface area (TPSA) is 108 Å². The summed E-state index contributed by atoms with van der Waals surface area (Å²) >= 11 is 1.04. The first-order chi connectivity index (χ1) is 11.9. The van der Waals surface area contributed by atoms with E-state index < -0.39 is 28.1 Å². The summed E-state index contributed by atoms with van der Waals surface area (Å²) in [6.45, 7) is 0. The lowest BCUT2D eigenvalue weighted by Gasteiger charge is -2.06. The van der Waals surface area contributed by atoms with Gasteiger partial charge in [-0.25, -0.2) is 9.38 Å². The third-order valence-electron chi connectivity index (χ3n) is 3.19. The van der Waals surface area contributed by atoms with Gasteiger partial charge in [-0.1, -0.05) is 12.1 Å². The molecule has 0 atom stereocenters. The predicted molar refractivity (Wildman–Crippen MR) is 89.7 cm³/mol. The summed E-state index contributed by atoms with van der Waals surface area (Å²) < 4.78 is 12.9. The van der Waals surface area contributed by atoms with Crippen LogP contribution in [0.4, 0.5) is 15.8 Å². The second-order valence-corrected chi connectivity index (χ2v) is 5.97. The second-order valence-electron chi connectivity index (χ2n) is 4.94. The van der Waals surface area contributed by atoms with Gasteiger partial charge < -0.3 is 10.4 Å². The monoisotopic (exact) mass is 358 g/mol. The van der Waals surface area contributed by atoms with Crippen LogP contribution >= 0.6 is 11.8 Å². The number of thioether (sulfide) groups is 1. The number of carbonyl (C=O) groups excluding carboxylic acids is 1. The predicted octanol–water partition coefficient (Wildman–Crippen LogP) is 2.70. The average Bonchev–Trinajstić information content (AvgIpc) is 2.90. The lowest BCUT2D eigenvalue weighted by atomic mass is 10.1. The lowest BCUT2D eigenvalue weighted by molar-refractivity contribution is -0.398. The van der Waals surface area contributed by atoms with E-state index in [2.05, 4.69) is 10.3 Å². The van der Waals surface area contributed by atoms with Crippen molar-refractivity contribution in [2.75, 3.05) is 0 Å². The SMILES string of the molecule is O=C1NC(=Nc2ccc(F)cc2)S/C1=C\c1ccc([O-])c([N+](=O)[O-])c1. The van der Waals surface area contributed by atoms with E-state index in [1.807, 2.05) is 0 Å². The van der Waals surface area contributed by atoms with Gasteiger partial charge in [0.25, 0.3) is 11.6 Å². The van der Waals surface area contributed by atoms with Gasteiger partial charge in [0.2, 0.25) is 0 Å². The molecule has 1 fully saturated rings. The fourth-order valence-corrected chi connectivity index (χ4v) is 2.87. The number of nitrogens with zero attached hydrogens (tertiary/aromatic N) is 2. The molecule has 1 N–H and O–H groups in total. The molecule has 0 aromatic heterocycles. The maximum Gasteiger partial charge on any atom is 0.264 e. The van der Waals surface area contributed by atoms with Gasteiger partial charge in [-0.05, 0) is 53.4 Å². The highest BCUT2D eigenvalue weighted by atomic mass is 32.2. The van der Waals surface area contributed by atoms with Crippen molar-refractivity contribution in [2.24, 2.45) is 4.99 Å². The van der Waals surface area contributed by atoms with Crippen molar-refractivity contribution < 1.29 is 19.2 Å². The molecule has 9 heteroatoms. The third kappa shape index (κ3) is 3.83. The van der Waals surface area contributed by atoms with Crippen LogP contribution in [0.3, 0.4) is 0 Å². The van der Waals surface area contributed by atoms with Crippen LogP contribution in [0.15, 0.2) is 52.4 Å². The Balaban J connectivity index is 1.85. The van der Waals surface area contributed by atoms with Crippen LogP contribution in [-0.2, 0) is 4.79 Å². The van der Waals surface area contributed by atoms with Crippen molar-refractivity contribution in [3.8, 4) is 5.75 Å². The molecular weight excluding hydrogens is 349 g/mol. The number of nitrogens with one attached hydrogen (secondary N) is 1. The third-order valence-corrected chi connectivity index (χ3v) is 4.10. The maximum atomic E-state index is 12.9. The maximum absolute atomic E-state index is 12.9. The number of amidine groups is 1. The molecule has 2 aromatic carbocycles. The molecule has 0 spiro atoms. The van der Waals surface area contributed by atoms with Crippen molar-refractivity contribution in [3.05, 3.63) is 68.9 Å². The van der Waals surface area contributed by atoms with Gasteiger partial charge in [0.1, 0.15) is 5.82 Å². The Hall–Kier alpha value is -3.20. The van der Waals surface area contributed by atoms with E-state index >= 15 is 0 Å². The molecule has 1 aliphatic rings. The van der Waals surface area contributed by atoms with Crippen molar-refractivity contribution >= 4 is 40.3 Å². The number of amides is 1. The zero-order valence-corrected chi connectivity index (χ0v) is 13.2. The minimum Gasteiger partial charge on any atom is -0.868 e. The molecule has 0 bridgehead atoms. The Kier molecular flexibility index (Phi) is 4.48. The smallest absolute Gasteiger partial charge is 0.264 e. The molecule has 2 aromatic rings. The fourth-order valence-electron chi connectivity index (χ4n) is 2.03. The second kappa shape index (κ2) is 6.73. The number of hydrogen-bond acceptors (Lipinski definition) is 6. The van der Waals surface area contributed by atoms with Gasteiger partial charge in [0.15, 0.2) is 5.17 Å². The van der Waals surface area contributed by atoms with Crippen LogP contribution in [0.2, 0.25) is 0 Å². The van der Waals surface area contributed by atoms with E-state index in [-0.39, 0.29) is 4.91 Å². The number of benzene rings is 2. The zero-order chi connectivity index (χ0) is 18.0. The minimum absolute atomic E-state index is 0.272. The Bertz CT molecular complexity index is 925. The van der Waals surface area contributed by atoms with Gasteiger partial charge in [0, 0.05) is 6.07 Å². The summed E-state index contributed by atoms with van der Waals surface area (Å²) in [6, 6.07) is 9.02. The lowest BCUT2D eigenvalue weighted by Crippen LogP contribution is -2.19. The van der Waals surface area contributed by atoms with Crippen LogP contribution in [0, 0.1) is 15.9 Å². The number of nitro groups is 1. The molecule has 0 radical (unpaired) electrons. The average molecular weight is 358 g/mol. The summed E-state index contributed by atoms with van der Waals surface area (Å²) in [4.78, 5) is 26.5. The van der Waals surface area contributed by atoms with Crippen LogP contribution in [0.1, 0.15) is 5.56 Å². The van der Waals surface area contributed by atoms with E-state index in [9.17, 15) is 24.4 Å². The molecule has 3 rings (SSSR count). The van der Waals surface area contributed by atoms with Gasteiger partial charge in [-0.3, -0.25) is 14.9 Å². The first-order valence-electron chi connectivity index (χ1n) is 6.93. The minimum atomic E-state index is -0.770. The molecule has 1 amide bonds. The highest BCUT2D eigenvalue weighted by molar-refractivity contribution is 8.18. The first kappa shape index (κ1) is 16.7. The van der Waals surface area contributed by atoms with Gasteiger partial charge in [-0.15, -0.1) is 0 Å². The van der Waals surface area contributed by atoms with Crippen molar-refractivity contribution in [1.29, 1.82) is 0 Å². The van der Waals surface area contributed by atoms with E-state index in [0.717, 1.165) is 23.9 Å². The van der Waals surface area contributed by atoms with Gasteiger partial charge >= 0.3 is 0 Å². The summed E-state index contributed by atoms with van der Waals surface area (Å²) in [6.07, 6.45) is 1.43. The summed E-state index contributed by atoms with van der Waals surface area (Å²) in [5, 5.41) is 25.1. The van der Waals surface area contributed by atoms with Crippen molar-refractivity contribution in [2.45, 2.75) is 0 Å². The van der Waals surface area contributed by atoms with E-state index in [1.54, 1.807) is 0 Å². The molecule has 0 aliphatic carbocycles. The summed E-state index contributed by atoms with van der Waals surface area (Å²) in [5.74, 6) is -1.51. The molecule has 126 valence electrons. The van der Waals surface area contributed by atoms with E-state index in [0.29, 0.717) is 16.4 Å². The highest BCUT2D eigenvalue weighted by Gasteiger charge is 2.24. The molecule has 7 nitrogen and oxygen atoms in total. The Morgan fingerprint density at radius 3 is 2.60 bits per heavy atom. The van der Waals surface area contributed by atoms with Gasteiger partial charge in [-0.2, -0.15) is 0 Å². The summed E-state index contributed by atoms with van der Waals surface area (Å²) in [5.41, 5.74) is 0.265. The summed E-state index contributed by atoms with van der Waals surface area (Å²) in [7, 11) is 0. The Morgan fingerprint density at radius 2 is 1.92 bits per heavy atom. The van der Waals surface area contributed by atoms with Gasteiger partial charge in [0.05, 0.1) is 15.5 Å². The quantitative estimate of drug-likeness (QED) is 0.516. The number of aliphatic imine (C=N–C) groups is 1. The Labute approximate surface area is 145 Å². The number of carbonyl (C=O) groups is 1. The number of hydrogen-bond donors (Lipinski definition) is 1. The first-order valence-corrected chi connectivity index (χ1v) is 7.74. The number of nitro benzene ring substituents is 1. The molecule has 0 saturated carbocycles. The molecule has 0 unspecified atom stereocenters. The normalized spacial score (nSPS) is 17.1. The Morgan fingerprint density at radius 1 is 1.20 bits per heavy atom. The van der Waals surface area contributed by atoms with Crippen molar-refractivity contribution in [3.63, 3.8) is 0 Å². The standard InChI is InChI=1S/C16H10FN3O4S/c17-10-2-4-11(5-3-10)18-16-19-15(22)14(25-16)8-9-1-6-13(21)12(7-9)20(23)24/h1-8,21H,(H,18,19,22)/p-1/b14-8-. The zero-order valence-electron chi connectivity index (χ0n) is 12.4. The molecule has 1 heterocycles. The van der Waals surface area contributed by atoms with Crippen LogP contribution < -0.4 is 10.4 Å². The molecule has 25 heavy (non-hydrogen) atoms. The van der Waals surface area contributed by atoms with E-state index in [4.69, 9.17) is 0 Å². The molecule has 1 saturated heterocycles. The highest BCUT2D eigenvalue weighted by Crippen LogP contribution is 2.30.